The predicted molar refractivity (Wildman–Crippen MR) is 128 cm³/mol. The lowest BCUT2D eigenvalue weighted by atomic mass is 10.1. The number of fused-ring (bicyclic) bond motifs is 1. The largest absolute Gasteiger partial charge is 0.416 e. The molecule has 2 aromatic carbocycles. The molecule has 0 aliphatic carbocycles. The van der Waals surface area contributed by atoms with Gasteiger partial charge in [0.05, 0.1) is 22.2 Å². The quantitative estimate of drug-likeness (QED) is 0.490. The zero-order valence-electron chi connectivity index (χ0n) is 20.1. The molecular weight excluding hydrogens is 510 g/mol. The fourth-order valence-electron chi connectivity index (χ4n) is 4.13. The van der Waals surface area contributed by atoms with E-state index in [1.54, 1.807) is 31.2 Å². The Morgan fingerprint density at radius 3 is 2.34 bits per heavy atom. The summed E-state index contributed by atoms with van der Waals surface area (Å²) in [4.78, 5) is 60.2. The second-order valence-corrected chi connectivity index (χ2v) is 8.68. The number of nitrogens with zero attached hydrogens (tertiary/aromatic N) is 3. The van der Waals surface area contributed by atoms with Crippen LogP contribution in [-0.2, 0) is 11.0 Å². The van der Waals surface area contributed by atoms with Gasteiger partial charge in [0.2, 0.25) is 5.91 Å². The van der Waals surface area contributed by atoms with Crippen LogP contribution in [0.4, 0.5) is 17.6 Å². The van der Waals surface area contributed by atoms with Crippen molar-refractivity contribution in [2.24, 2.45) is 0 Å². The maximum absolute atomic E-state index is 14.2. The lowest BCUT2D eigenvalue weighted by Gasteiger charge is -2.36. The number of benzene rings is 2. The molecule has 38 heavy (non-hydrogen) atoms. The van der Waals surface area contributed by atoms with Crippen molar-refractivity contribution >= 4 is 28.8 Å². The van der Waals surface area contributed by atoms with E-state index in [4.69, 9.17) is 0 Å². The Balaban J connectivity index is 1.39. The number of carbonyl (C=O) groups excluding carboxylic acids is 3. The third-order valence-corrected chi connectivity index (χ3v) is 6.23. The van der Waals surface area contributed by atoms with E-state index in [1.807, 2.05) is 0 Å². The Bertz CT molecular complexity index is 1450. The predicted octanol–water partition coefficient (Wildman–Crippen LogP) is 2.57. The lowest BCUT2D eigenvalue weighted by Crippen LogP contribution is -2.56. The van der Waals surface area contributed by atoms with Gasteiger partial charge in [0, 0.05) is 26.2 Å². The molecule has 2 N–H and O–H groups in total. The van der Waals surface area contributed by atoms with Gasteiger partial charge in [-0.3, -0.25) is 19.2 Å². The number of hydrogen-bond donors (Lipinski definition) is 2. The molecule has 0 bridgehead atoms. The highest BCUT2D eigenvalue weighted by molar-refractivity contribution is 5.97. The second kappa shape index (κ2) is 10.6. The van der Waals surface area contributed by atoms with Crippen LogP contribution >= 0.6 is 0 Å². The number of carbonyl (C=O) groups is 3. The molecule has 0 spiro atoms. The van der Waals surface area contributed by atoms with Crippen LogP contribution in [-0.4, -0.2) is 69.7 Å². The SMILES string of the molecule is CC[C@H](NC(=O)c1nc2ccccc2[nH]c1=O)C(=O)N1CCN(C(=O)c2ccc(C(F)(F)F)cc2F)CC1. The topological polar surface area (TPSA) is 115 Å². The Morgan fingerprint density at radius 2 is 1.71 bits per heavy atom. The van der Waals surface area contributed by atoms with Gasteiger partial charge >= 0.3 is 6.18 Å². The molecule has 3 aromatic rings. The molecular formula is C25H23F4N5O4. The average molecular weight is 533 g/mol. The van der Waals surface area contributed by atoms with E-state index in [1.165, 1.54) is 9.80 Å². The molecule has 1 aliphatic rings. The number of para-hydroxylation sites is 2. The van der Waals surface area contributed by atoms with Crippen LogP contribution in [0, 0.1) is 5.82 Å². The van der Waals surface area contributed by atoms with Crippen LogP contribution in [0.1, 0.15) is 39.8 Å². The minimum Gasteiger partial charge on any atom is -0.339 e. The fraction of sp³-hybridized carbons (Fsp3) is 0.320. The van der Waals surface area contributed by atoms with Gasteiger partial charge in [-0.05, 0) is 36.8 Å². The summed E-state index contributed by atoms with van der Waals surface area (Å²) in [5.41, 5.74) is -1.92. The van der Waals surface area contributed by atoms with Crippen molar-refractivity contribution in [1.29, 1.82) is 0 Å². The smallest absolute Gasteiger partial charge is 0.339 e. The summed E-state index contributed by atoms with van der Waals surface area (Å²) in [5, 5.41) is 2.54. The van der Waals surface area contributed by atoms with Gasteiger partial charge in [-0.25, -0.2) is 9.37 Å². The Hall–Kier alpha value is -4.29. The molecule has 1 fully saturated rings. The highest BCUT2D eigenvalue weighted by Crippen LogP contribution is 2.30. The van der Waals surface area contributed by atoms with Crippen LogP contribution in [0.5, 0.6) is 0 Å². The Kier molecular flexibility index (Phi) is 7.46. The molecule has 9 nitrogen and oxygen atoms in total. The standard InChI is InChI=1S/C25H23F4N5O4/c1-2-17(31-21(35)20-22(36)32-19-6-4-3-5-18(19)30-20)24(38)34-11-9-33(10-12-34)23(37)15-8-7-14(13-16(15)26)25(27,28)29/h3-8,13,17H,2,9-12H2,1H3,(H,31,35)(H,32,36)/t17-/m0/s1. The van der Waals surface area contributed by atoms with E-state index < -0.39 is 52.4 Å². The maximum atomic E-state index is 14.2. The summed E-state index contributed by atoms with van der Waals surface area (Å²) in [6.45, 7) is 1.83. The van der Waals surface area contributed by atoms with E-state index in [-0.39, 0.29) is 44.4 Å². The van der Waals surface area contributed by atoms with Crippen molar-refractivity contribution in [2.45, 2.75) is 25.6 Å². The van der Waals surface area contributed by atoms with Gasteiger partial charge in [0.25, 0.3) is 17.4 Å². The minimum atomic E-state index is -4.74. The number of amides is 3. The van der Waals surface area contributed by atoms with Crippen LogP contribution < -0.4 is 10.9 Å². The zero-order chi connectivity index (χ0) is 27.6. The molecule has 13 heteroatoms. The number of hydrogen-bond acceptors (Lipinski definition) is 5. The van der Waals surface area contributed by atoms with E-state index in [9.17, 15) is 36.7 Å². The normalized spacial score (nSPS) is 14.9. The molecule has 3 amide bonds. The Morgan fingerprint density at radius 1 is 1.05 bits per heavy atom. The number of H-pyrrole nitrogens is 1. The molecule has 0 saturated carbocycles. The molecule has 1 aliphatic heterocycles. The van der Waals surface area contributed by atoms with Crippen LogP contribution in [0.25, 0.3) is 11.0 Å². The summed E-state index contributed by atoms with van der Waals surface area (Å²) in [7, 11) is 0. The fourth-order valence-corrected chi connectivity index (χ4v) is 4.13. The second-order valence-electron chi connectivity index (χ2n) is 8.68. The number of nitrogens with one attached hydrogen (secondary N) is 2. The first-order valence-electron chi connectivity index (χ1n) is 11.7. The van der Waals surface area contributed by atoms with Gasteiger partial charge in [0.1, 0.15) is 11.9 Å². The van der Waals surface area contributed by atoms with Crippen molar-refractivity contribution in [3.05, 3.63) is 75.5 Å². The van der Waals surface area contributed by atoms with Gasteiger partial charge in [0.15, 0.2) is 5.69 Å². The van der Waals surface area contributed by atoms with Crippen LogP contribution in [0.15, 0.2) is 47.3 Å². The van der Waals surface area contributed by atoms with E-state index in [0.29, 0.717) is 17.1 Å². The monoisotopic (exact) mass is 533 g/mol. The zero-order valence-corrected chi connectivity index (χ0v) is 20.1. The van der Waals surface area contributed by atoms with Crippen molar-refractivity contribution in [3.63, 3.8) is 0 Å². The van der Waals surface area contributed by atoms with Crippen LogP contribution in [0.3, 0.4) is 0 Å². The molecule has 4 rings (SSSR count). The lowest BCUT2D eigenvalue weighted by molar-refractivity contribution is -0.137. The van der Waals surface area contributed by atoms with Crippen LogP contribution in [0.2, 0.25) is 0 Å². The Labute approximate surface area is 213 Å². The van der Waals surface area contributed by atoms with Gasteiger partial charge in [-0.2, -0.15) is 13.2 Å². The number of alkyl halides is 3. The van der Waals surface area contributed by atoms with Gasteiger partial charge in [-0.15, -0.1) is 0 Å². The average Bonchev–Trinajstić information content (AvgIpc) is 2.90. The van der Waals surface area contributed by atoms with E-state index >= 15 is 0 Å². The van der Waals surface area contributed by atoms with Crippen molar-refractivity contribution < 1.29 is 31.9 Å². The van der Waals surface area contributed by atoms with Crippen molar-refractivity contribution in [3.8, 4) is 0 Å². The number of halogens is 4. The molecule has 1 saturated heterocycles. The minimum absolute atomic E-state index is 0.0152. The summed E-state index contributed by atoms with van der Waals surface area (Å²) < 4.78 is 52.6. The van der Waals surface area contributed by atoms with Gasteiger partial charge < -0.3 is 20.1 Å². The third-order valence-electron chi connectivity index (χ3n) is 6.23. The maximum Gasteiger partial charge on any atom is 0.416 e. The molecule has 200 valence electrons. The first-order valence-corrected chi connectivity index (χ1v) is 11.7. The number of aromatic amines is 1. The summed E-state index contributed by atoms with van der Waals surface area (Å²) in [5.74, 6) is -3.32. The molecule has 1 aromatic heterocycles. The summed E-state index contributed by atoms with van der Waals surface area (Å²) in [6, 6.07) is 7.41. The van der Waals surface area contributed by atoms with Crippen molar-refractivity contribution in [2.75, 3.05) is 26.2 Å². The van der Waals surface area contributed by atoms with Gasteiger partial charge in [-0.1, -0.05) is 19.1 Å². The van der Waals surface area contributed by atoms with E-state index in [0.717, 1.165) is 6.07 Å². The highest BCUT2D eigenvalue weighted by atomic mass is 19.4. The summed E-state index contributed by atoms with van der Waals surface area (Å²) in [6.07, 6.45) is -4.52. The number of piperazine rings is 1. The first kappa shape index (κ1) is 26.8. The molecule has 0 radical (unpaired) electrons. The van der Waals surface area contributed by atoms with Crippen molar-refractivity contribution in [1.82, 2.24) is 25.1 Å². The third kappa shape index (κ3) is 5.50. The number of aromatic nitrogens is 2. The highest BCUT2D eigenvalue weighted by Gasteiger charge is 2.34. The first-order chi connectivity index (χ1) is 18.0. The molecule has 2 heterocycles. The molecule has 0 unspecified atom stereocenters. The van der Waals surface area contributed by atoms with E-state index in [2.05, 4.69) is 15.3 Å². The number of rotatable bonds is 5. The summed E-state index contributed by atoms with van der Waals surface area (Å²) >= 11 is 0. The molecule has 1 atom stereocenters.